The monoisotopic (exact) mass is 488 g/mol. The van der Waals surface area contributed by atoms with Crippen molar-refractivity contribution in [1.82, 2.24) is 5.01 Å². The highest BCUT2D eigenvalue weighted by molar-refractivity contribution is 6.25. The van der Waals surface area contributed by atoms with Crippen molar-refractivity contribution >= 4 is 41.2 Å². The van der Waals surface area contributed by atoms with Crippen molar-refractivity contribution in [2.75, 3.05) is 4.90 Å². The van der Waals surface area contributed by atoms with Crippen LogP contribution < -0.4 is 9.64 Å². The number of esters is 1. The number of nitro groups is 1. The van der Waals surface area contributed by atoms with Crippen LogP contribution in [0, 0.1) is 28.9 Å². The van der Waals surface area contributed by atoms with E-state index in [1.165, 1.54) is 60.6 Å². The maximum atomic E-state index is 13.7. The summed E-state index contributed by atoms with van der Waals surface area (Å²) >= 11 is 0. The fourth-order valence-corrected chi connectivity index (χ4v) is 5.05. The number of anilines is 1. The predicted molar refractivity (Wildman–Crippen MR) is 126 cm³/mol. The van der Waals surface area contributed by atoms with Gasteiger partial charge in [-0.1, -0.05) is 12.1 Å². The molecule has 2 fully saturated rings. The Balaban J connectivity index is 1.54. The molecule has 0 aliphatic carbocycles. The summed E-state index contributed by atoms with van der Waals surface area (Å²) in [6, 6.07) is 8.19. The van der Waals surface area contributed by atoms with Crippen molar-refractivity contribution in [3.8, 4) is 5.75 Å². The van der Waals surface area contributed by atoms with E-state index in [-0.39, 0.29) is 22.7 Å². The van der Waals surface area contributed by atoms with Gasteiger partial charge >= 0.3 is 5.97 Å². The predicted octanol–water partition coefficient (Wildman–Crippen LogP) is 2.43. The number of aryl methyl sites for hydroxylation is 1. The summed E-state index contributed by atoms with van der Waals surface area (Å²) in [6.45, 7) is 2.91. The summed E-state index contributed by atoms with van der Waals surface area (Å²) in [5.41, 5.74) is 0.642. The number of allylic oxidation sites excluding steroid dienone is 1. The number of ketones is 1. The van der Waals surface area contributed by atoms with E-state index in [1.54, 1.807) is 19.1 Å². The smallest absolute Gasteiger partial charge is 0.308 e. The SMILES string of the molecule is CC(=O)Oc1ccc(C(=O)[C@@H]2[C@@H]3C(=O)N(c4cc([N+](=O)[O-])ccc4C)C(=O)[C@@H]3[C@H]3C=CC=NN32)cc1. The summed E-state index contributed by atoms with van der Waals surface area (Å²) in [6.07, 6.45) is 4.85. The highest BCUT2D eigenvalue weighted by Gasteiger charge is 2.64. The number of hydrazone groups is 1. The van der Waals surface area contributed by atoms with Gasteiger partial charge in [0.1, 0.15) is 11.8 Å². The molecular formula is C25H20N4O7. The van der Waals surface area contributed by atoms with Crippen LogP contribution in [-0.2, 0) is 14.4 Å². The lowest BCUT2D eigenvalue weighted by atomic mass is 9.86. The lowest BCUT2D eigenvalue weighted by molar-refractivity contribution is -0.384. The van der Waals surface area contributed by atoms with Crippen LogP contribution in [0.3, 0.4) is 0 Å². The summed E-state index contributed by atoms with van der Waals surface area (Å²) in [5, 5.41) is 17.1. The third-order valence-corrected chi connectivity index (χ3v) is 6.60. The largest absolute Gasteiger partial charge is 0.427 e. The number of ether oxygens (including phenoxy) is 1. The quantitative estimate of drug-likeness (QED) is 0.156. The molecule has 5 rings (SSSR count). The summed E-state index contributed by atoms with van der Waals surface area (Å²) in [7, 11) is 0. The number of fused-ring (bicyclic) bond motifs is 3. The van der Waals surface area contributed by atoms with Gasteiger partial charge in [-0.05, 0) is 42.8 Å². The van der Waals surface area contributed by atoms with E-state index in [0.29, 0.717) is 5.56 Å². The number of carbonyl (C=O) groups is 4. The van der Waals surface area contributed by atoms with Gasteiger partial charge < -0.3 is 4.74 Å². The van der Waals surface area contributed by atoms with E-state index in [4.69, 9.17) is 4.74 Å². The first kappa shape index (κ1) is 23.1. The third kappa shape index (κ3) is 3.56. The Bertz CT molecular complexity index is 1380. The van der Waals surface area contributed by atoms with Gasteiger partial charge in [0.05, 0.1) is 28.5 Å². The van der Waals surface area contributed by atoms with E-state index in [1.807, 2.05) is 0 Å². The molecule has 2 saturated heterocycles. The molecule has 0 spiro atoms. The van der Waals surface area contributed by atoms with Crippen LogP contribution in [-0.4, -0.2) is 51.8 Å². The molecule has 0 aromatic heterocycles. The number of benzene rings is 2. The van der Waals surface area contributed by atoms with Crippen LogP contribution >= 0.6 is 0 Å². The van der Waals surface area contributed by atoms with Gasteiger partial charge in [0.2, 0.25) is 11.8 Å². The van der Waals surface area contributed by atoms with Gasteiger partial charge in [0.25, 0.3) is 5.69 Å². The number of hydrogen-bond donors (Lipinski definition) is 0. The average molecular weight is 488 g/mol. The third-order valence-electron chi connectivity index (χ3n) is 6.60. The van der Waals surface area contributed by atoms with Crippen LogP contribution in [0.2, 0.25) is 0 Å². The molecule has 11 heteroatoms. The second-order valence-electron chi connectivity index (χ2n) is 8.74. The first-order valence-corrected chi connectivity index (χ1v) is 11.1. The van der Waals surface area contributed by atoms with Crippen LogP contribution in [0.1, 0.15) is 22.8 Å². The molecule has 3 heterocycles. The number of rotatable bonds is 5. The highest BCUT2D eigenvalue weighted by atomic mass is 16.6. The second-order valence-corrected chi connectivity index (χ2v) is 8.74. The van der Waals surface area contributed by atoms with Gasteiger partial charge in [0, 0.05) is 30.8 Å². The Morgan fingerprint density at radius 2 is 1.75 bits per heavy atom. The van der Waals surface area contributed by atoms with Crippen LogP contribution in [0.25, 0.3) is 0 Å². The molecule has 3 aliphatic heterocycles. The summed E-state index contributed by atoms with van der Waals surface area (Å²) in [4.78, 5) is 63.9. The van der Waals surface area contributed by atoms with Crippen LogP contribution in [0.5, 0.6) is 5.75 Å². The Morgan fingerprint density at radius 1 is 1.06 bits per heavy atom. The maximum Gasteiger partial charge on any atom is 0.308 e. The molecule has 0 N–H and O–H groups in total. The van der Waals surface area contributed by atoms with E-state index in [0.717, 1.165) is 4.90 Å². The topological polar surface area (TPSA) is 139 Å². The fraction of sp³-hybridized carbons (Fsp3) is 0.240. The molecule has 182 valence electrons. The molecule has 0 unspecified atom stereocenters. The molecule has 36 heavy (non-hydrogen) atoms. The normalized spacial score (nSPS) is 24.1. The van der Waals surface area contributed by atoms with Gasteiger partial charge in [-0.2, -0.15) is 5.10 Å². The molecule has 0 radical (unpaired) electrons. The molecule has 2 amide bonds. The Kier molecular flexibility index (Phi) is 5.47. The fourth-order valence-electron chi connectivity index (χ4n) is 5.05. The minimum absolute atomic E-state index is 0.125. The van der Waals surface area contributed by atoms with Gasteiger partial charge in [-0.25, -0.2) is 4.90 Å². The van der Waals surface area contributed by atoms with Crippen molar-refractivity contribution in [1.29, 1.82) is 0 Å². The number of carbonyl (C=O) groups excluding carboxylic acids is 4. The van der Waals surface area contributed by atoms with Crippen molar-refractivity contribution in [2.45, 2.75) is 25.9 Å². The number of nitrogens with zero attached hydrogens (tertiary/aromatic N) is 4. The van der Waals surface area contributed by atoms with Crippen molar-refractivity contribution < 1.29 is 28.8 Å². The zero-order valence-corrected chi connectivity index (χ0v) is 19.2. The van der Waals surface area contributed by atoms with Gasteiger partial charge in [-0.15, -0.1) is 0 Å². The number of amides is 2. The lowest BCUT2D eigenvalue weighted by Gasteiger charge is -2.30. The molecular weight excluding hydrogens is 468 g/mol. The zero-order valence-electron chi connectivity index (χ0n) is 19.2. The number of imide groups is 1. The Labute approximate surface area is 204 Å². The summed E-state index contributed by atoms with van der Waals surface area (Å²) in [5.74, 6) is -3.74. The molecule has 3 aliphatic rings. The number of hydrogen-bond acceptors (Lipinski definition) is 9. The van der Waals surface area contributed by atoms with Gasteiger partial charge in [-0.3, -0.25) is 34.3 Å². The van der Waals surface area contributed by atoms with E-state index in [2.05, 4.69) is 5.10 Å². The number of non-ortho nitro benzene ring substituents is 1. The zero-order chi connectivity index (χ0) is 25.7. The van der Waals surface area contributed by atoms with Crippen LogP contribution in [0.4, 0.5) is 11.4 Å². The second kappa shape index (κ2) is 8.52. The molecule has 2 aromatic carbocycles. The maximum absolute atomic E-state index is 13.7. The van der Waals surface area contributed by atoms with Crippen molar-refractivity contribution in [3.05, 3.63) is 75.9 Å². The minimum Gasteiger partial charge on any atom is -0.427 e. The highest BCUT2D eigenvalue weighted by Crippen LogP contribution is 2.47. The van der Waals surface area contributed by atoms with E-state index < -0.39 is 52.4 Å². The molecule has 4 atom stereocenters. The Morgan fingerprint density at radius 3 is 2.42 bits per heavy atom. The van der Waals surface area contributed by atoms with Gasteiger partial charge in [0.15, 0.2) is 5.78 Å². The number of nitro benzene ring substituents is 1. The average Bonchev–Trinajstić information content (AvgIpc) is 3.31. The molecule has 2 aromatic rings. The standard InChI is InChI=1S/C25H20N4O7/c1-13-5-8-16(29(34)35)12-19(13)27-24(32)20-18-4-3-11-26-28(18)22(21(20)25(27)33)23(31)15-6-9-17(10-7-15)36-14(2)30/h3-12,18,20-22H,1-2H3/t18-,20-,21-,22+/m1/s1. The molecule has 0 saturated carbocycles. The van der Waals surface area contributed by atoms with Crippen molar-refractivity contribution in [3.63, 3.8) is 0 Å². The number of Topliss-reactive ketones (excluding diaryl/α,β-unsaturated/α-hetero) is 1. The van der Waals surface area contributed by atoms with Crippen LogP contribution in [0.15, 0.2) is 59.7 Å². The molecule has 11 nitrogen and oxygen atoms in total. The minimum atomic E-state index is -1.07. The Hall–Kier alpha value is -4.67. The first-order chi connectivity index (χ1) is 17.2. The first-order valence-electron chi connectivity index (χ1n) is 11.1. The van der Waals surface area contributed by atoms with E-state index in [9.17, 15) is 29.3 Å². The summed E-state index contributed by atoms with van der Waals surface area (Å²) < 4.78 is 5.01. The molecule has 0 bridgehead atoms. The van der Waals surface area contributed by atoms with E-state index >= 15 is 0 Å². The lowest BCUT2D eigenvalue weighted by Crippen LogP contribution is -2.46. The van der Waals surface area contributed by atoms with Crippen molar-refractivity contribution in [2.24, 2.45) is 16.9 Å².